The van der Waals surface area contributed by atoms with Crippen LogP contribution in [0, 0.1) is 0 Å². The fourth-order valence-electron chi connectivity index (χ4n) is 5.34. The van der Waals surface area contributed by atoms with Gasteiger partial charge in [0.2, 0.25) is 5.78 Å². The second kappa shape index (κ2) is 8.58. The summed E-state index contributed by atoms with van der Waals surface area (Å²) in [7, 11) is 1.37. The number of hydrogen-bond donors (Lipinski definition) is 5. The zero-order valence-electron chi connectivity index (χ0n) is 19.2. The van der Waals surface area contributed by atoms with Gasteiger partial charge in [0.15, 0.2) is 12.1 Å². The SMILES string of the molecule is COc1cccc2c1C(=O)c1c(O)c3c(c(O)c1C2=O)CC(O)CC3OC1CC(N)C(O)C(C)O1. The molecule has 2 aromatic rings. The quantitative estimate of drug-likeness (QED) is 0.338. The van der Waals surface area contributed by atoms with Gasteiger partial charge in [-0.3, -0.25) is 9.59 Å². The largest absolute Gasteiger partial charge is 0.507 e. The molecular weight excluding hydrogens is 458 g/mol. The lowest BCUT2D eigenvalue weighted by molar-refractivity contribution is -0.244. The molecule has 10 heteroatoms. The van der Waals surface area contributed by atoms with Crippen molar-refractivity contribution < 1.29 is 44.2 Å². The first-order valence-corrected chi connectivity index (χ1v) is 11.4. The van der Waals surface area contributed by atoms with E-state index in [2.05, 4.69) is 0 Å². The zero-order valence-corrected chi connectivity index (χ0v) is 19.2. The maximum Gasteiger partial charge on any atom is 0.202 e. The first-order valence-electron chi connectivity index (χ1n) is 11.4. The van der Waals surface area contributed by atoms with Gasteiger partial charge in [-0.05, 0) is 13.0 Å². The van der Waals surface area contributed by atoms with Gasteiger partial charge >= 0.3 is 0 Å². The number of aromatic hydroxyl groups is 2. The van der Waals surface area contributed by atoms with Crippen molar-refractivity contribution in [3.8, 4) is 17.2 Å². The number of carbonyl (C=O) groups excluding carboxylic acids is 2. The number of hydrogen-bond acceptors (Lipinski definition) is 10. The Morgan fingerprint density at radius 3 is 2.43 bits per heavy atom. The van der Waals surface area contributed by atoms with Crippen LogP contribution in [0.4, 0.5) is 0 Å². The van der Waals surface area contributed by atoms with Crippen LogP contribution >= 0.6 is 0 Å². The van der Waals surface area contributed by atoms with E-state index in [4.69, 9.17) is 19.9 Å². The highest BCUT2D eigenvalue weighted by atomic mass is 16.7. The summed E-state index contributed by atoms with van der Waals surface area (Å²) in [6.45, 7) is 1.65. The van der Waals surface area contributed by atoms with Crippen LogP contribution in [0.5, 0.6) is 17.2 Å². The molecule has 6 atom stereocenters. The van der Waals surface area contributed by atoms with Gasteiger partial charge < -0.3 is 40.4 Å². The monoisotopic (exact) mass is 485 g/mol. The third-order valence-electron chi connectivity index (χ3n) is 7.08. The van der Waals surface area contributed by atoms with Gasteiger partial charge in [0.1, 0.15) is 17.2 Å². The number of phenols is 2. The molecule has 0 amide bonds. The molecule has 1 aliphatic heterocycles. The number of carbonyl (C=O) groups is 2. The van der Waals surface area contributed by atoms with Gasteiger partial charge in [-0.1, -0.05) is 12.1 Å². The lowest BCUT2D eigenvalue weighted by Gasteiger charge is -2.39. The fourth-order valence-corrected chi connectivity index (χ4v) is 5.34. The highest BCUT2D eigenvalue weighted by Gasteiger charge is 2.44. The van der Waals surface area contributed by atoms with E-state index in [1.165, 1.54) is 19.2 Å². The summed E-state index contributed by atoms with van der Waals surface area (Å²) < 4.78 is 17.0. The minimum Gasteiger partial charge on any atom is -0.507 e. The van der Waals surface area contributed by atoms with Crippen molar-refractivity contribution in [1.82, 2.24) is 0 Å². The van der Waals surface area contributed by atoms with E-state index in [0.29, 0.717) is 0 Å². The first-order chi connectivity index (χ1) is 16.6. The second-order valence-electron chi connectivity index (χ2n) is 9.26. The Morgan fingerprint density at radius 2 is 1.74 bits per heavy atom. The molecule has 35 heavy (non-hydrogen) atoms. The first kappa shape index (κ1) is 23.7. The number of methoxy groups -OCH3 is 1. The van der Waals surface area contributed by atoms with E-state index in [9.17, 15) is 30.0 Å². The second-order valence-corrected chi connectivity index (χ2v) is 9.26. The van der Waals surface area contributed by atoms with E-state index in [-0.39, 0.29) is 58.4 Å². The van der Waals surface area contributed by atoms with E-state index >= 15 is 0 Å². The molecular formula is C25H27NO9. The average molecular weight is 485 g/mol. The van der Waals surface area contributed by atoms with Gasteiger partial charge in [0.05, 0.1) is 48.2 Å². The minimum absolute atomic E-state index is 0.000127. The van der Waals surface area contributed by atoms with E-state index in [1.807, 2.05) is 0 Å². The van der Waals surface area contributed by atoms with Gasteiger partial charge in [0.25, 0.3) is 0 Å². The van der Waals surface area contributed by atoms with Crippen molar-refractivity contribution in [3.05, 3.63) is 51.6 Å². The summed E-state index contributed by atoms with van der Waals surface area (Å²) in [5, 5.41) is 43.0. The standard InChI is InChI=1S/C25H27NO9/c1-9-21(28)13(26)8-16(34-9)35-15-7-10(27)6-12-18(15)25(32)20-19(23(12)30)22(29)11-4-3-5-14(33-2)17(11)24(20)31/h3-5,9-10,13,15-16,21,27-28,30,32H,6-8,26H2,1-2H3. The van der Waals surface area contributed by atoms with E-state index < -0.39 is 59.8 Å². The highest BCUT2D eigenvalue weighted by Crippen LogP contribution is 2.50. The summed E-state index contributed by atoms with van der Waals surface area (Å²) in [6, 6.07) is 3.94. The molecule has 0 aromatic heterocycles. The van der Waals surface area contributed by atoms with Crippen LogP contribution in [-0.4, -0.2) is 69.7 Å². The van der Waals surface area contributed by atoms with Gasteiger partial charge in [-0.2, -0.15) is 0 Å². The molecule has 2 aromatic carbocycles. The van der Waals surface area contributed by atoms with Crippen LogP contribution in [0.25, 0.3) is 0 Å². The van der Waals surface area contributed by atoms with Crippen LogP contribution in [-0.2, 0) is 15.9 Å². The summed E-state index contributed by atoms with van der Waals surface area (Å²) in [5.41, 5.74) is 5.64. The number of nitrogens with two attached hydrogens (primary N) is 1. The zero-order chi connectivity index (χ0) is 25.2. The van der Waals surface area contributed by atoms with Crippen LogP contribution in [0.2, 0.25) is 0 Å². The lowest BCUT2D eigenvalue weighted by Crippen LogP contribution is -2.52. The van der Waals surface area contributed by atoms with Crippen molar-refractivity contribution in [3.63, 3.8) is 0 Å². The van der Waals surface area contributed by atoms with Crippen LogP contribution in [0.3, 0.4) is 0 Å². The summed E-state index contributed by atoms with van der Waals surface area (Å²) in [4.78, 5) is 26.8. The van der Waals surface area contributed by atoms with Crippen LogP contribution in [0.15, 0.2) is 18.2 Å². The van der Waals surface area contributed by atoms with Crippen molar-refractivity contribution in [2.75, 3.05) is 7.11 Å². The van der Waals surface area contributed by atoms with Crippen LogP contribution in [0.1, 0.15) is 68.8 Å². The van der Waals surface area contributed by atoms with Crippen molar-refractivity contribution in [2.45, 2.75) is 62.9 Å². The summed E-state index contributed by atoms with van der Waals surface area (Å²) >= 11 is 0. The third-order valence-corrected chi connectivity index (χ3v) is 7.08. The molecule has 3 aliphatic rings. The van der Waals surface area contributed by atoms with Crippen LogP contribution < -0.4 is 10.5 Å². The number of rotatable bonds is 3. The van der Waals surface area contributed by atoms with Crippen molar-refractivity contribution >= 4 is 11.6 Å². The molecule has 1 saturated heterocycles. The van der Waals surface area contributed by atoms with E-state index in [0.717, 1.165) is 0 Å². The van der Waals surface area contributed by atoms with Gasteiger partial charge in [-0.15, -0.1) is 0 Å². The maximum atomic E-state index is 13.5. The number of ether oxygens (including phenoxy) is 3. The molecule has 0 radical (unpaired) electrons. The maximum absolute atomic E-state index is 13.5. The Hall–Kier alpha value is -3.02. The number of fused-ring (bicyclic) bond motifs is 3. The Balaban J connectivity index is 1.62. The number of phenolic OH excluding ortho intramolecular Hbond substituents is 2. The Morgan fingerprint density at radius 1 is 1.03 bits per heavy atom. The third kappa shape index (κ3) is 3.60. The molecule has 186 valence electrons. The Kier molecular flexibility index (Phi) is 5.81. The average Bonchev–Trinajstić information content (AvgIpc) is 2.82. The van der Waals surface area contributed by atoms with Crippen molar-refractivity contribution in [2.24, 2.45) is 5.73 Å². The molecule has 5 rings (SSSR count). The highest BCUT2D eigenvalue weighted by molar-refractivity contribution is 6.31. The van der Waals surface area contributed by atoms with Gasteiger partial charge in [-0.25, -0.2) is 0 Å². The lowest BCUT2D eigenvalue weighted by atomic mass is 9.76. The smallest absolute Gasteiger partial charge is 0.202 e. The number of aliphatic hydroxyl groups excluding tert-OH is 2. The number of benzene rings is 2. The molecule has 1 fully saturated rings. The number of ketones is 2. The Bertz CT molecular complexity index is 1210. The molecule has 0 bridgehead atoms. The normalized spacial score (nSPS) is 29.9. The molecule has 6 unspecified atom stereocenters. The predicted octanol–water partition coefficient (Wildman–Crippen LogP) is 1.07. The minimum atomic E-state index is -0.966. The van der Waals surface area contributed by atoms with Gasteiger partial charge in [0, 0.05) is 42.0 Å². The number of aliphatic hydroxyl groups is 2. The topological polar surface area (TPSA) is 169 Å². The Labute approximate surface area is 200 Å². The molecule has 0 spiro atoms. The summed E-state index contributed by atoms with van der Waals surface area (Å²) in [6.07, 6.45) is -4.09. The van der Waals surface area contributed by atoms with E-state index in [1.54, 1.807) is 13.0 Å². The molecule has 10 nitrogen and oxygen atoms in total. The molecule has 6 N–H and O–H groups in total. The van der Waals surface area contributed by atoms with Crippen molar-refractivity contribution in [1.29, 1.82) is 0 Å². The molecule has 0 saturated carbocycles. The fraction of sp³-hybridized carbons (Fsp3) is 0.440. The predicted molar refractivity (Wildman–Crippen MR) is 121 cm³/mol. The molecule has 2 aliphatic carbocycles. The molecule has 1 heterocycles. The summed E-state index contributed by atoms with van der Waals surface area (Å²) in [5.74, 6) is -2.10.